The Morgan fingerprint density at radius 2 is 1.30 bits per heavy atom. The van der Waals surface area contributed by atoms with Crippen LogP contribution in [0.15, 0.2) is 30.3 Å². The van der Waals surface area contributed by atoms with Crippen LogP contribution in [0, 0.1) is 0 Å². The number of rotatable bonds is 0. The van der Waals surface area contributed by atoms with Gasteiger partial charge in [0.1, 0.15) is 0 Å². The molecule has 0 radical (unpaired) electrons. The summed E-state index contributed by atoms with van der Waals surface area (Å²) < 4.78 is 0. The van der Waals surface area contributed by atoms with E-state index in [0.29, 0.717) is 0 Å². The maximum absolute atomic E-state index is 5.36. The topological polar surface area (TPSA) is 26.0 Å². The summed E-state index contributed by atoms with van der Waals surface area (Å²) >= 11 is 0. The fourth-order valence-electron chi connectivity index (χ4n) is 0.453. The second-order valence-electron chi connectivity index (χ2n) is 1.41. The summed E-state index contributed by atoms with van der Waals surface area (Å²) in [5.74, 6) is 0. The number of anilines is 1. The van der Waals surface area contributed by atoms with Gasteiger partial charge in [0.05, 0.1) is 0 Å². The van der Waals surface area contributed by atoms with Crippen molar-refractivity contribution in [2.24, 2.45) is 0 Å². The third-order valence-electron chi connectivity index (χ3n) is 0.800. The molecule has 0 aliphatic carbocycles. The van der Waals surface area contributed by atoms with E-state index < -0.39 is 0 Å². The van der Waals surface area contributed by atoms with Crippen LogP contribution in [0.2, 0.25) is 0 Å². The summed E-state index contributed by atoms with van der Waals surface area (Å²) in [6.07, 6.45) is 0. The van der Waals surface area contributed by atoms with Crippen molar-refractivity contribution >= 4 is 5.69 Å². The maximum atomic E-state index is 5.36. The zero-order valence-corrected chi connectivity index (χ0v) is 11.6. The number of hydrogen-bond acceptors (Lipinski definition) is 1. The van der Waals surface area contributed by atoms with Crippen LogP contribution in [0.3, 0.4) is 0 Å². The predicted molar refractivity (Wildman–Crippen MR) is 30.9 cm³/mol. The van der Waals surface area contributed by atoms with Crippen LogP contribution in [0.25, 0.3) is 0 Å². The molecule has 1 nitrogen and oxygen atoms in total. The van der Waals surface area contributed by atoms with Crippen molar-refractivity contribution in [1.82, 2.24) is 0 Å². The van der Waals surface area contributed by atoms with Crippen molar-refractivity contribution in [2.45, 2.75) is 0 Å². The summed E-state index contributed by atoms with van der Waals surface area (Å²) in [5.41, 5.74) is 6.18. The minimum Gasteiger partial charge on any atom is -1.00 e. The number of halogens is 2. The Morgan fingerprint density at radius 1 is 0.900 bits per heavy atom. The third kappa shape index (κ3) is 7.28. The quantitative estimate of drug-likeness (QED) is 0.259. The van der Waals surface area contributed by atoms with Gasteiger partial charge in [0.2, 0.25) is 0 Å². The van der Waals surface area contributed by atoms with E-state index in [2.05, 4.69) is 0 Å². The van der Waals surface area contributed by atoms with Crippen LogP contribution >= 0.6 is 0 Å². The molecule has 1 rings (SSSR count). The molecule has 0 amide bonds. The Balaban J connectivity index is -0.000000163. The van der Waals surface area contributed by atoms with E-state index in [0.717, 1.165) is 5.69 Å². The smallest absolute Gasteiger partial charge is 1.00 e. The first kappa shape index (κ1) is 17.3. The first-order chi connectivity index (χ1) is 3.39. The average molecular weight is 542 g/mol. The van der Waals surface area contributed by atoms with Crippen molar-refractivity contribution in [3.63, 3.8) is 0 Å². The van der Waals surface area contributed by atoms with Gasteiger partial charge >= 0.3 is 21.1 Å². The minimum absolute atomic E-state index is 0. The van der Waals surface area contributed by atoms with Gasteiger partial charge in [-0.15, -0.1) is 0 Å². The van der Waals surface area contributed by atoms with Gasteiger partial charge in [-0.1, -0.05) is 18.2 Å². The zero-order chi connectivity index (χ0) is 5.11. The molecule has 2 N–H and O–H groups in total. The summed E-state index contributed by atoms with van der Waals surface area (Å²) in [4.78, 5) is 0. The molecule has 0 atom stereocenters. The summed E-state index contributed by atoms with van der Waals surface area (Å²) in [6.45, 7) is 0. The van der Waals surface area contributed by atoms with Crippen LogP contribution in [0.4, 0.5) is 5.69 Å². The Labute approximate surface area is 109 Å². The van der Waals surface area contributed by atoms with Crippen molar-refractivity contribution in [1.29, 1.82) is 0 Å². The molecule has 0 saturated carbocycles. The fraction of sp³-hybridized carbons (Fsp3) is 0. The van der Waals surface area contributed by atoms with E-state index in [9.17, 15) is 0 Å². The molecule has 0 heterocycles. The van der Waals surface area contributed by atoms with E-state index in [-0.39, 0.29) is 69.0 Å². The molecule has 1 aromatic rings. The van der Waals surface area contributed by atoms with Gasteiger partial charge in [-0.3, -0.25) is 0 Å². The SMILES string of the molecule is Nc1ccccc1.[I-].[I-].[Pt+2]. The molecule has 10 heavy (non-hydrogen) atoms. The predicted octanol–water partition coefficient (Wildman–Crippen LogP) is -4.73. The molecule has 60 valence electrons. The summed E-state index contributed by atoms with van der Waals surface area (Å²) in [5, 5.41) is 0. The van der Waals surface area contributed by atoms with Crippen molar-refractivity contribution in [3.05, 3.63) is 30.3 Å². The minimum atomic E-state index is 0. The van der Waals surface area contributed by atoms with E-state index in [1.165, 1.54) is 0 Å². The molecular weight excluding hydrogens is 535 g/mol. The Bertz CT molecular complexity index is 146. The van der Waals surface area contributed by atoms with Crippen LogP contribution in [-0.2, 0) is 21.1 Å². The van der Waals surface area contributed by atoms with Crippen molar-refractivity contribution in [3.8, 4) is 0 Å². The van der Waals surface area contributed by atoms with Gasteiger partial charge < -0.3 is 53.7 Å². The van der Waals surface area contributed by atoms with Crippen LogP contribution < -0.4 is 53.7 Å². The number of para-hydroxylation sites is 1. The molecular formula is C6H7I2NPt. The first-order valence-corrected chi connectivity index (χ1v) is 2.20. The standard InChI is InChI=1S/C6H7N.2HI.Pt/c7-6-4-2-1-3-5-6;;;/h1-5H,7H2;2*1H;/q;;;+2/p-2. The molecule has 0 bridgehead atoms. The van der Waals surface area contributed by atoms with Gasteiger partial charge in [-0.25, -0.2) is 0 Å². The molecule has 0 unspecified atom stereocenters. The van der Waals surface area contributed by atoms with Crippen molar-refractivity contribution < 1.29 is 69.0 Å². The van der Waals surface area contributed by atoms with Crippen molar-refractivity contribution in [2.75, 3.05) is 5.73 Å². The maximum Gasteiger partial charge on any atom is 2.00 e. The Morgan fingerprint density at radius 3 is 1.50 bits per heavy atom. The second-order valence-corrected chi connectivity index (χ2v) is 1.41. The average Bonchev–Trinajstić information content (AvgIpc) is 1.69. The van der Waals surface area contributed by atoms with Gasteiger partial charge in [0.25, 0.3) is 0 Å². The third-order valence-corrected chi connectivity index (χ3v) is 0.800. The van der Waals surface area contributed by atoms with E-state index in [1.54, 1.807) is 0 Å². The van der Waals surface area contributed by atoms with Gasteiger partial charge in [0, 0.05) is 5.69 Å². The van der Waals surface area contributed by atoms with Gasteiger partial charge in [0.15, 0.2) is 0 Å². The van der Waals surface area contributed by atoms with Crippen LogP contribution in [0.1, 0.15) is 0 Å². The van der Waals surface area contributed by atoms with E-state index >= 15 is 0 Å². The van der Waals surface area contributed by atoms with Crippen LogP contribution in [-0.4, -0.2) is 0 Å². The zero-order valence-electron chi connectivity index (χ0n) is 5.04. The largest absolute Gasteiger partial charge is 2.00 e. The van der Waals surface area contributed by atoms with E-state index in [1.807, 2.05) is 30.3 Å². The number of nitrogens with two attached hydrogens (primary N) is 1. The normalized spacial score (nSPS) is 6.00. The molecule has 0 fully saturated rings. The molecule has 0 aliphatic rings. The van der Waals surface area contributed by atoms with Crippen LogP contribution in [0.5, 0.6) is 0 Å². The summed E-state index contributed by atoms with van der Waals surface area (Å²) in [7, 11) is 0. The first-order valence-electron chi connectivity index (χ1n) is 2.20. The molecule has 4 heteroatoms. The van der Waals surface area contributed by atoms with Gasteiger partial charge in [-0.05, 0) is 12.1 Å². The molecule has 0 saturated heterocycles. The molecule has 0 spiro atoms. The fourth-order valence-corrected chi connectivity index (χ4v) is 0.453. The van der Waals surface area contributed by atoms with E-state index in [4.69, 9.17) is 5.73 Å². The molecule has 1 aromatic carbocycles. The molecule has 0 aliphatic heterocycles. The number of nitrogen functional groups attached to an aromatic ring is 1. The second kappa shape index (κ2) is 10.2. The number of benzene rings is 1. The Hall–Kier alpha value is 1.17. The van der Waals surface area contributed by atoms with Gasteiger partial charge in [-0.2, -0.15) is 0 Å². The summed E-state index contributed by atoms with van der Waals surface area (Å²) in [6, 6.07) is 9.49. The monoisotopic (exact) mass is 542 g/mol. The molecule has 0 aromatic heterocycles. The Kier molecular flexibility index (Phi) is 17.6. The number of hydrogen-bond donors (Lipinski definition) is 1.